The zero-order valence-electron chi connectivity index (χ0n) is 12.8. The Labute approximate surface area is 126 Å². The number of aromatic hydroxyl groups is 1. The van der Waals surface area contributed by atoms with E-state index in [9.17, 15) is 9.90 Å². The van der Waals surface area contributed by atoms with E-state index in [2.05, 4.69) is 17.6 Å². The Morgan fingerprint density at radius 3 is 2.86 bits per heavy atom. The van der Waals surface area contributed by atoms with Crippen LogP contribution in [0.25, 0.3) is 0 Å². The molecule has 0 radical (unpaired) electrons. The molecule has 3 N–H and O–H groups in total. The van der Waals surface area contributed by atoms with Crippen molar-refractivity contribution in [1.82, 2.24) is 10.6 Å². The summed E-state index contributed by atoms with van der Waals surface area (Å²) in [6, 6.07) is 7.45. The average molecular weight is 290 g/mol. The summed E-state index contributed by atoms with van der Waals surface area (Å²) in [5.41, 5.74) is 1.19. The molecule has 0 aliphatic carbocycles. The number of nitrogens with one attached hydrogen (secondary N) is 2. The smallest absolute Gasteiger partial charge is 0.220 e. The van der Waals surface area contributed by atoms with E-state index in [1.54, 1.807) is 12.1 Å². The third kappa shape index (κ3) is 5.76. The molecule has 1 heterocycles. The fraction of sp³-hybridized carbons (Fsp3) is 0.588. The number of phenolic OH excluding ortho intramolecular Hbond substituents is 1. The highest BCUT2D eigenvalue weighted by Crippen LogP contribution is 2.14. The first kappa shape index (κ1) is 15.8. The lowest BCUT2D eigenvalue weighted by molar-refractivity contribution is -0.122. The molecule has 1 amide bonds. The van der Waals surface area contributed by atoms with E-state index in [0.717, 1.165) is 32.4 Å². The highest BCUT2D eigenvalue weighted by atomic mass is 16.3. The predicted molar refractivity (Wildman–Crippen MR) is 84.2 cm³/mol. The molecule has 2 unspecified atom stereocenters. The molecule has 0 saturated carbocycles. The minimum atomic E-state index is 0.167. The molecule has 1 aliphatic heterocycles. The van der Waals surface area contributed by atoms with Gasteiger partial charge in [-0.15, -0.1) is 0 Å². The van der Waals surface area contributed by atoms with Gasteiger partial charge < -0.3 is 15.7 Å². The zero-order chi connectivity index (χ0) is 15.1. The molecule has 1 fully saturated rings. The molecule has 0 spiro atoms. The minimum absolute atomic E-state index is 0.167. The summed E-state index contributed by atoms with van der Waals surface area (Å²) in [5.74, 6) is 1.13. The maximum atomic E-state index is 11.9. The lowest BCUT2D eigenvalue weighted by atomic mass is 10.0. The zero-order valence-corrected chi connectivity index (χ0v) is 12.8. The number of carbonyl (C=O) groups is 1. The van der Waals surface area contributed by atoms with Crippen molar-refractivity contribution in [2.45, 2.75) is 45.1 Å². The Morgan fingerprint density at radius 1 is 1.43 bits per heavy atom. The largest absolute Gasteiger partial charge is 0.508 e. The van der Waals surface area contributed by atoms with Crippen molar-refractivity contribution < 1.29 is 9.90 Å². The van der Waals surface area contributed by atoms with Gasteiger partial charge in [0.2, 0.25) is 5.91 Å². The second-order valence-electron chi connectivity index (χ2n) is 6.07. The van der Waals surface area contributed by atoms with Crippen LogP contribution in [0.4, 0.5) is 0 Å². The quantitative estimate of drug-likeness (QED) is 0.721. The minimum Gasteiger partial charge on any atom is -0.508 e. The van der Waals surface area contributed by atoms with Crippen molar-refractivity contribution in [3.05, 3.63) is 29.8 Å². The van der Waals surface area contributed by atoms with Crippen molar-refractivity contribution in [3.8, 4) is 5.75 Å². The highest BCUT2D eigenvalue weighted by Gasteiger charge is 2.16. The van der Waals surface area contributed by atoms with Crippen LogP contribution in [0.2, 0.25) is 0 Å². The fourth-order valence-electron chi connectivity index (χ4n) is 2.76. The van der Waals surface area contributed by atoms with E-state index in [1.165, 1.54) is 12.0 Å². The number of carbonyl (C=O) groups excluding carboxylic acids is 1. The normalized spacial score (nSPS) is 19.4. The predicted octanol–water partition coefficient (Wildman–Crippen LogP) is 2.22. The van der Waals surface area contributed by atoms with Crippen LogP contribution in [0.5, 0.6) is 5.75 Å². The Bertz CT molecular complexity index is 439. The van der Waals surface area contributed by atoms with Crippen molar-refractivity contribution in [1.29, 1.82) is 0 Å². The second-order valence-corrected chi connectivity index (χ2v) is 6.07. The number of hydrogen-bond donors (Lipinski definition) is 3. The molecule has 1 aliphatic rings. The molecule has 0 bridgehead atoms. The molecule has 0 aromatic heterocycles. The van der Waals surface area contributed by atoms with Crippen LogP contribution in [0, 0.1) is 5.92 Å². The molecule has 4 nitrogen and oxygen atoms in total. The molecule has 21 heavy (non-hydrogen) atoms. The van der Waals surface area contributed by atoms with E-state index < -0.39 is 0 Å². The number of phenols is 1. The standard InChI is InChI=1S/C17H26N2O2/c1-13(2-3-14-4-7-16(20)8-5-14)19-17(21)9-6-15-10-11-18-12-15/h4-5,7-8,13,15,18,20H,2-3,6,9-12H2,1H3,(H,19,21). The summed E-state index contributed by atoms with van der Waals surface area (Å²) >= 11 is 0. The third-order valence-corrected chi connectivity index (χ3v) is 4.15. The first-order valence-corrected chi connectivity index (χ1v) is 7.91. The molecule has 1 saturated heterocycles. The summed E-state index contributed by atoms with van der Waals surface area (Å²) in [5, 5.41) is 15.6. The van der Waals surface area contributed by atoms with Crippen LogP contribution < -0.4 is 10.6 Å². The second kappa shape index (κ2) is 8.03. The Balaban J connectivity index is 1.62. The molecular formula is C17H26N2O2. The summed E-state index contributed by atoms with van der Waals surface area (Å²) in [4.78, 5) is 11.9. The van der Waals surface area contributed by atoms with Gasteiger partial charge in [-0.1, -0.05) is 12.1 Å². The maximum Gasteiger partial charge on any atom is 0.220 e. The number of aryl methyl sites for hydroxylation is 1. The summed E-state index contributed by atoms with van der Waals surface area (Å²) in [6.45, 7) is 4.20. The third-order valence-electron chi connectivity index (χ3n) is 4.15. The van der Waals surface area contributed by atoms with Crippen LogP contribution in [-0.4, -0.2) is 30.1 Å². The average Bonchev–Trinajstić information content (AvgIpc) is 2.98. The van der Waals surface area contributed by atoms with Gasteiger partial charge in [-0.25, -0.2) is 0 Å². The maximum absolute atomic E-state index is 11.9. The lowest BCUT2D eigenvalue weighted by Crippen LogP contribution is -2.33. The van der Waals surface area contributed by atoms with Crippen molar-refractivity contribution >= 4 is 5.91 Å². The van der Waals surface area contributed by atoms with E-state index >= 15 is 0 Å². The van der Waals surface area contributed by atoms with Crippen LogP contribution in [0.1, 0.15) is 38.2 Å². The molecular weight excluding hydrogens is 264 g/mol. The van der Waals surface area contributed by atoms with Crippen LogP contribution >= 0.6 is 0 Å². The Kier molecular flexibility index (Phi) is 6.05. The highest BCUT2D eigenvalue weighted by molar-refractivity contribution is 5.76. The topological polar surface area (TPSA) is 61.4 Å². The first-order chi connectivity index (χ1) is 10.1. The van der Waals surface area contributed by atoms with Crippen LogP contribution in [0.15, 0.2) is 24.3 Å². The first-order valence-electron chi connectivity index (χ1n) is 7.91. The van der Waals surface area contributed by atoms with Gasteiger partial charge in [0, 0.05) is 12.5 Å². The molecule has 2 atom stereocenters. The van der Waals surface area contributed by atoms with Crippen molar-refractivity contribution in [2.24, 2.45) is 5.92 Å². The van der Waals surface area contributed by atoms with Crippen molar-refractivity contribution in [3.63, 3.8) is 0 Å². The van der Waals surface area contributed by atoms with Crippen LogP contribution in [-0.2, 0) is 11.2 Å². The molecule has 116 valence electrons. The van der Waals surface area contributed by atoms with E-state index in [0.29, 0.717) is 18.1 Å². The van der Waals surface area contributed by atoms with Gasteiger partial charge in [-0.2, -0.15) is 0 Å². The number of hydrogen-bond acceptors (Lipinski definition) is 3. The molecule has 1 aromatic rings. The Hall–Kier alpha value is -1.55. The van der Waals surface area contributed by atoms with Gasteiger partial charge in [0.25, 0.3) is 0 Å². The summed E-state index contributed by atoms with van der Waals surface area (Å²) in [7, 11) is 0. The fourth-order valence-corrected chi connectivity index (χ4v) is 2.76. The summed E-state index contributed by atoms with van der Waals surface area (Å²) in [6.07, 6.45) is 4.65. The van der Waals surface area contributed by atoms with Gasteiger partial charge in [-0.3, -0.25) is 4.79 Å². The number of benzene rings is 1. The van der Waals surface area contributed by atoms with E-state index in [-0.39, 0.29) is 11.9 Å². The lowest BCUT2D eigenvalue weighted by Gasteiger charge is -2.15. The van der Waals surface area contributed by atoms with Gasteiger partial charge in [-0.05, 0) is 69.3 Å². The molecule has 2 rings (SSSR count). The monoisotopic (exact) mass is 290 g/mol. The Morgan fingerprint density at radius 2 is 2.19 bits per heavy atom. The van der Waals surface area contributed by atoms with Gasteiger partial charge in [0.15, 0.2) is 0 Å². The van der Waals surface area contributed by atoms with E-state index in [1.807, 2.05) is 12.1 Å². The van der Waals surface area contributed by atoms with Gasteiger partial charge in [0.05, 0.1) is 0 Å². The van der Waals surface area contributed by atoms with Gasteiger partial charge in [0.1, 0.15) is 5.75 Å². The number of amides is 1. The summed E-state index contributed by atoms with van der Waals surface area (Å²) < 4.78 is 0. The number of rotatable bonds is 7. The van der Waals surface area contributed by atoms with Crippen molar-refractivity contribution in [2.75, 3.05) is 13.1 Å². The molecule has 1 aromatic carbocycles. The SMILES string of the molecule is CC(CCc1ccc(O)cc1)NC(=O)CCC1CCNC1. The molecule has 4 heteroatoms. The van der Waals surface area contributed by atoms with Gasteiger partial charge >= 0.3 is 0 Å². The van der Waals surface area contributed by atoms with E-state index in [4.69, 9.17) is 0 Å². The van der Waals surface area contributed by atoms with Crippen LogP contribution in [0.3, 0.4) is 0 Å².